The SMILES string of the molecule is COCc1ccc(C(C)=O)c2sc(C(=O)Nc3ccc4c(C[C@](C)(N)C(=O)O)cccc4n3)c(C)c12. The number of nitrogens with two attached hydrogens (primary N) is 1. The third-order valence-corrected chi connectivity index (χ3v) is 7.48. The molecule has 9 heteroatoms. The minimum Gasteiger partial charge on any atom is -0.480 e. The number of carbonyl (C=O) groups is 3. The average Bonchev–Trinajstić information content (AvgIpc) is 3.16. The number of ketones is 1. The van der Waals surface area contributed by atoms with Gasteiger partial charge in [0.05, 0.1) is 17.0 Å². The first kappa shape index (κ1) is 25.4. The van der Waals surface area contributed by atoms with Gasteiger partial charge in [-0.15, -0.1) is 11.3 Å². The van der Waals surface area contributed by atoms with Crippen LogP contribution in [0.25, 0.3) is 21.0 Å². The third kappa shape index (κ3) is 4.73. The molecule has 1 atom stereocenters. The number of carbonyl (C=O) groups excluding carboxylic acids is 2. The summed E-state index contributed by atoms with van der Waals surface area (Å²) in [6, 6.07) is 12.5. The van der Waals surface area contributed by atoms with Crippen LogP contribution in [0.15, 0.2) is 42.5 Å². The first-order valence-electron chi connectivity index (χ1n) is 11.3. The Balaban J connectivity index is 1.69. The fourth-order valence-corrected chi connectivity index (χ4v) is 5.60. The standard InChI is InChI=1S/C27H27N3O5S/c1-14-22-17(13-35-4)8-9-18(15(2)31)24(22)36-23(14)25(32)30-21-11-10-19-16(6-5-7-20(19)29-21)12-27(3,28)26(33)34/h5-11H,12-13,28H2,1-4H3,(H,33,34)(H,29,30,32)/t27-/m0/s1. The lowest BCUT2D eigenvalue weighted by Gasteiger charge is -2.20. The van der Waals surface area contributed by atoms with Crippen molar-refractivity contribution in [3.8, 4) is 0 Å². The first-order chi connectivity index (χ1) is 17.0. The van der Waals surface area contributed by atoms with E-state index in [2.05, 4.69) is 10.3 Å². The number of Topliss-reactive ketones (excluding diaryl/α,β-unsaturated/α-hetero) is 1. The van der Waals surface area contributed by atoms with Crippen molar-refractivity contribution in [1.29, 1.82) is 0 Å². The van der Waals surface area contributed by atoms with Crippen molar-refractivity contribution in [2.45, 2.75) is 39.3 Å². The van der Waals surface area contributed by atoms with Crippen molar-refractivity contribution < 1.29 is 24.2 Å². The summed E-state index contributed by atoms with van der Waals surface area (Å²) >= 11 is 1.28. The summed E-state index contributed by atoms with van der Waals surface area (Å²) in [6.45, 7) is 5.21. The number of thiophene rings is 1. The fraction of sp³-hybridized carbons (Fsp3) is 0.259. The van der Waals surface area contributed by atoms with E-state index in [1.54, 1.807) is 37.4 Å². The van der Waals surface area contributed by atoms with Crippen LogP contribution in [0.1, 0.15) is 50.6 Å². The number of fused-ring (bicyclic) bond motifs is 2. The zero-order valence-corrected chi connectivity index (χ0v) is 21.3. The summed E-state index contributed by atoms with van der Waals surface area (Å²) in [7, 11) is 1.60. The number of methoxy groups -OCH3 is 1. The molecule has 4 aromatic rings. The molecule has 4 rings (SSSR count). The Morgan fingerprint density at radius 3 is 2.56 bits per heavy atom. The highest BCUT2D eigenvalue weighted by Gasteiger charge is 2.29. The number of anilines is 1. The molecule has 8 nitrogen and oxygen atoms in total. The van der Waals surface area contributed by atoms with Crippen molar-refractivity contribution in [2.24, 2.45) is 5.73 Å². The summed E-state index contributed by atoms with van der Waals surface area (Å²) in [6.07, 6.45) is 0.135. The number of pyridine rings is 1. The van der Waals surface area contributed by atoms with E-state index < -0.39 is 11.5 Å². The van der Waals surface area contributed by atoms with Gasteiger partial charge < -0.3 is 20.9 Å². The summed E-state index contributed by atoms with van der Waals surface area (Å²) in [5, 5.41) is 13.9. The summed E-state index contributed by atoms with van der Waals surface area (Å²) in [4.78, 5) is 42.0. The van der Waals surface area contributed by atoms with Crippen LogP contribution in [0.4, 0.5) is 5.82 Å². The largest absolute Gasteiger partial charge is 0.480 e. The van der Waals surface area contributed by atoms with Crippen molar-refractivity contribution in [3.05, 3.63) is 69.6 Å². The molecule has 0 fully saturated rings. The Bertz CT molecular complexity index is 1520. The van der Waals surface area contributed by atoms with Crippen LogP contribution in [-0.4, -0.2) is 40.4 Å². The maximum absolute atomic E-state index is 13.3. The second kappa shape index (κ2) is 9.77. The molecule has 1 amide bonds. The molecular formula is C27H27N3O5S. The molecule has 0 aliphatic carbocycles. The number of nitrogens with zero attached hydrogens (tertiary/aromatic N) is 1. The average molecular weight is 506 g/mol. The van der Waals surface area contributed by atoms with Gasteiger partial charge in [-0.2, -0.15) is 0 Å². The van der Waals surface area contributed by atoms with Gasteiger partial charge in [-0.1, -0.05) is 18.2 Å². The number of carboxylic acids is 1. The van der Waals surface area contributed by atoms with Crippen LogP contribution < -0.4 is 11.1 Å². The topological polar surface area (TPSA) is 132 Å². The number of aryl methyl sites for hydroxylation is 1. The summed E-state index contributed by atoms with van der Waals surface area (Å²) in [5.74, 6) is -1.12. The predicted octanol–water partition coefficient (Wildman–Crippen LogP) is 4.70. The molecular weight excluding hydrogens is 478 g/mol. The Hall–Kier alpha value is -3.66. The zero-order valence-electron chi connectivity index (χ0n) is 20.5. The van der Waals surface area contributed by atoms with Gasteiger partial charge >= 0.3 is 5.97 Å². The molecule has 2 aromatic carbocycles. The quantitative estimate of drug-likeness (QED) is 0.296. The number of aromatic nitrogens is 1. The van der Waals surface area contributed by atoms with E-state index in [0.29, 0.717) is 28.4 Å². The van der Waals surface area contributed by atoms with E-state index in [4.69, 9.17) is 10.5 Å². The van der Waals surface area contributed by atoms with Gasteiger partial charge in [-0.3, -0.25) is 14.4 Å². The Labute approximate surface area is 212 Å². The van der Waals surface area contributed by atoms with Crippen LogP contribution in [0, 0.1) is 6.92 Å². The number of ether oxygens (including phenoxy) is 1. The molecule has 0 saturated carbocycles. The minimum atomic E-state index is -1.42. The number of benzene rings is 2. The molecule has 0 radical (unpaired) electrons. The number of nitrogens with one attached hydrogen (secondary N) is 1. The van der Waals surface area contributed by atoms with Gasteiger partial charge in [0, 0.05) is 34.6 Å². The number of rotatable bonds is 8. The molecule has 36 heavy (non-hydrogen) atoms. The van der Waals surface area contributed by atoms with Gasteiger partial charge in [-0.25, -0.2) is 4.98 Å². The predicted molar refractivity (Wildman–Crippen MR) is 141 cm³/mol. The molecule has 0 bridgehead atoms. The highest BCUT2D eigenvalue weighted by Crippen LogP contribution is 2.37. The molecule has 0 aliphatic heterocycles. The summed E-state index contributed by atoms with van der Waals surface area (Å²) in [5.41, 5.74) is 8.16. The Morgan fingerprint density at radius 2 is 1.89 bits per heavy atom. The lowest BCUT2D eigenvalue weighted by atomic mass is 9.92. The van der Waals surface area contributed by atoms with E-state index in [1.165, 1.54) is 25.2 Å². The van der Waals surface area contributed by atoms with Crippen molar-refractivity contribution in [1.82, 2.24) is 4.98 Å². The monoisotopic (exact) mass is 505 g/mol. The van der Waals surface area contributed by atoms with Crippen LogP contribution >= 0.6 is 11.3 Å². The van der Waals surface area contributed by atoms with Gasteiger partial charge in [-0.05, 0) is 61.7 Å². The van der Waals surface area contributed by atoms with E-state index >= 15 is 0 Å². The maximum atomic E-state index is 13.3. The second-order valence-corrected chi connectivity index (χ2v) is 10.1. The van der Waals surface area contributed by atoms with Crippen molar-refractivity contribution in [3.63, 3.8) is 0 Å². The smallest absolute Gasteiger partial charge is 0.323 e. The van der Waals surface area contributed by atoms with Crippen LogP contribution in [-0.2, 0) is 22.6 Å². The van der Waals surface area contributed by atoms with E-state index in [9.17, 15) is 19.5 Å². The molecule has 0 saturated heterocycles. The maximum Gasteiger partial charge on any atom is 0.323 e. The lowest BCUT2D eigenvalue weighted by molar-refractivity contribution is -0.142. The van der Waals surface area contributed by atoms with Gasteiger partial charge in [0.1, 0.15) is 11.4 Å². The molecule has 2 aromatic heterocycles. The van der Waals surface area contributed by atoms with Crippen LogP contribution in [0.5, 0.6) is 0 Å². The number of hydrogen-bond donors (Lipinski definition) is 3. The first-order valence-corrected chi connectivity index (χ1v) is 12.1. The van der Waals surface area contributed by atoms with Gasteiger partial charge in [0.15, 0.2) is 5.78 Å². The van der Waals surface area contributed by atoms with Gasteiger partial charge in [0.25, 0.3) is 5.91 Å². The number of aliphatic carboxylic acids is 1. The second-order valence-electron chi connectivity index (χ2n) is 9.06. The minimum absolute atomic E-state index is 0.0688. The normalized spacial score (nSPS) is 13.0. The molecule has 0 unspecified atom stereocenters. The molecule has 4 N–H and O–H groups in total. The van der Waals surface area contributed by atoms with E-state index in [-0.39, 0.29) is 18.1 Å². The molecule has 0 aliphatic rings. The van der Waals surface area contributed by atoms with Crippen LogP contribution in [0.2, 0.25) is 0 Å². The highest BCUT2D eigenvalue weighted by molar-refractivity contribution is 7.21. The van der Waals surface area contributed by atoms with E-state index in [0.717, 1.165) is 32.2 Å². The number of carboxylic acid groups (broad SMARTS) is 1. The molecule has 2 heterocycles. The summed E-state index contributed by atoms with van der Waals surface area (Å²) < 4.78 is 6.08. The third-order valence-electron chi connectivity index (χ3n) is 6.16. The number of hydrogen-bond acceptors (Lipinski definition) is 7. The molecule has 0 spiro atoms. The van der Waals surface area contributed by atoms with Crippen molar-refractivity contribution in [2.75, 3.05) is 12.4 Å². The lowest BCUT2D eigenvalue weighted by Crippen LogP contribution is -2.46. The van der Waals surface area contributed by atoms with Gasteiger partial charge in [0.2, 0.25) is 0 Å². The zero-order chi connectivity index (χ0) is 26.2. The van der Waals surface area contributed by atoms with E-state index in [1.807, 2.05) is 19.1 Å². The highest BCUT2D eigenvalue weighted by atomic mass is 32.1. The Kier molecular flexibility index (Phi) is 6.90. The number of amides is 1. The van der Waals surface area contributed by atoms with Crippen molar-refractivity contribution >= 4 is 55.8 Å². The fourth-order valence-electron chi connectivity index (χ4n) is 4.29. The molecule has 186 valence electrons. The van der Waals surface area contributed by atoms with Crippen LogP contribution in [0.3, 0.4) is 0 Å². The Morgan fingerprint density at radius 1 is 1.14 bits per heavy atom.